The van der Waals surface area contributed by atoms with E-state index in [1.165, 1.54) is 0 Å². The first kappa shape index (κ1) is 79.6. The molecular formula is C36H48O42. The molecule has 0 amide bonds. The first-order chi connectivity index (χ1) is 34.7. The Kier molecular flexibility index (Phi) is 35.4. The summed E-state index contributed by atoms with van der Waals surface area (Å²) in [6, 6.07) is 0. The third-order valence-electron chi connectivity index (χ3n) is 7.71. The van der Waals surface area contributed by atoms with E-state index in [0.717, 1.165) is 0 Å². The van der Waals surface area contributed by atoms with Crippen LogP contribution in [0.1, 0.15) is 77.0 Å². The molecule has 0 bridgehead atoms. The third kappa shape index (κ3) is 37.9. The van der Waals surface area contributed by atoms with Gasteiger partial charge in [0.15, 0.2) is 33.6 Å². The summed E-state index contributed by atoms with van der Waals surface area (Å²) in [4.78, 5) is 183. The molecule has 0 fully saturated rings. The summed E-state index contributed by atoms with van der Waals surface area (Å²) in [6.07, 6.45) is -13.7. The molecule has 24 N–H and O–H groups in total. The number of aliphatic carboxylic acids is 18. The van der Waals surface area contributed by atoms with Crippen molar-refractivity contribution in [2.75, 3.05) is 0 Å². The van der Waals surface area contributed by atoms with Crippen LogP contribution >= 0.6 is 0 Å². The number of carboxylic acid groups (broad SMARTS) is 18. The molecule has 0 aliphatic rings. The van der Waals surface area contributed by atoms with E-state index >= 15 is 0 Å². The van der Waals surface area contributed by atoms with Crippen LogP contribution in [0.4, 0.5) is 0 Å². The lowest BCUT2D eigenvalue weighted by Crippen LogP contribution is -2.42. The lowest BCUT2D eigenvalue weighted by molar-refractivity contribution is -0.170. The van der Waals surface area contributed by atoms with Gasteiger partial charge in [0.1, 0.15) is 0 Å². The van der Waals surface area contributed by atoms with E-state index in [-0.39, 0.29) is 0 Å². The van der Waals surface area contributed by atoms with E-state index in [1.807, 2.05) is 0 Å². The highest BCUT2D eigenvalue weighted by atomic mass is 16.5. The highest BCUT2D eigenvalue weighted by molar-refractivity contribution is 5.91. The van der Waals surface area contributed by atoms with Crippen LogP contribution in [0.5, 0.6) is 0 Å². The van der Waals surface area contributed by atoms with Crippen molar-refractivity contribution in [1.82, 2.24) is 0 Å². The zero-order valence-corrected chi connectivity index (χ0v) is 38.6. The Balaban J connectivity index is -0.000000199. The van der Waals surface area contributed by atoms with Crippen molar-refractivity contribution in [2.45, 2.75) is 111 Å². The summed E-state index contributed by atoms with van der Waals surface area (Å²) in [5, 5.41) is 203. The standard InChI is InChI=1S/6C6H8O7/c6*7-3(8)1-6(13,5(11)12)2-4(9)10/h6*13H,1-2H2,(H,7,8)(H,9,10)(H,11,12). The molecule has 0 aliphatic heterocycles. The second-order valence-electron chi connectivity index (χ2n) is 14.9. The van der Waals surface area contributed by atoms with Crippen LogP contribution in [0.15, 0.2) is 0 Å². The smallest absolute Gasteiger partial charge is 0.336 e. The molecule has 42 nitrogen and oxygen atoms in total. The minimum absolute atomic E-state index is 1.14. The lowest BCUT2D eigenvalue weighted by Gasteiger charge is -2.18. The van der Waals surface area contributed by atoms with E-state index in [0.29, 0.717) is 0 Å². The second-order valence-corrected chi connectivity index (χ2v) is 14.9. The zero-order chi connectivity index (χ0) is 63.9. The molecule has 0 spiro atoms. The molecule has 0 saturated carbocycles. The van der Waals surface area contributed by atoms with E-state index < -0.39 is 218 Å². The molecule has 42 heteroatoms. The Morgan fingerprint density at radius 2 is 0.205 bits per heavy atom. The summed E-state index contributed by atoms with van der Waals surface area (Å²) in [7, 11) is 0. The van der Waals surface area contributed by atoms with Crippen molar-refractivity contribution in [1.29, 1.82) is 0 Å². The van der Waals surface area contributed by atoms with Gasteiger partial charge in [-0.05, 0) is 0 Å². The Morgan fingerprint density at radius 3 is 0.231 bits per heavy atom. The Hall–Kier alpha value is -9.78. The molecule has 0 aliphatic carbocycles. The summed E-state index contributed by atoms with van der Waals surface area (Å²) in [5.41, 5.74) is -16.4. The SMILES string of the molecule is O=C(O)CC(O)(CC(=O)O)C(=O)O.O=C(O)CC(O)(CC(=O)O)C(=O)O.O=C(O)CC(O)(CC(=O)O)C(=O)O.O=C(O)CC(O)(CC(=O)O)C(=O)O.O=C(O)CC(O)(CC(=O)O)C(=O)O.O=C(O)CC(O)(CC(=O)O)C(=O)O. The van der Waals surface area contributed by atoms with Crippen LogP contribution in [0, 0.1) is 0 Å². The van der Waals surface area contributed by atoms with Gasteiger partial charge in [0.2, 0.25) is 0 Å². The first-order valence-electron chi connectivity index (χ1n) is 19.0. The Bertz CT molecular complexity index is 1770. The molecule has 444 valence electrons. The minimum atomic E-state index is -2.74. The van der Waals surface area contributed by atoms with Crippen molar-refractivity contribution in [3.63, 3.8) is 0 Å². The predicted octanol–water partition coefficient (Wildman–Crippen LogP) is -7.49. The van der Waals surface area contributed by atoms with Crippen molar-refractivity contribution < 1.29 is 209 Å². The maximum absolute atomic E-state index is 10.3. The number of rotatable bonds is 30. The first-order valence-corrected chi connectivity index (χ1v) is 19.0. The highest BCUT2D eigenvalue weighted by Crippen LogP contribution is 2.20. The number of hydrogen-bond acceptors (Lipinski definition) is 24. The van der Waals surface area contributed by atoms with Crippen LogP contribution in [-0.4, -0.2) is 264 Å². The van der Waals surface area contributed by atoms with Gasteiger partial charge in [-0.3, -0.25) is 57.5 Å². The minimum Gasteiger partial charge on any atom is -0.481 e. The molecule has 0 saturated heterocycles. The molecule has 0 unspecified atom stereocenters. The molecule has 0 rings (SSSR count). The fourth-order valence-corrected chi connectivity index (χ4v) is 4.28. The summed E-state index contributed by atoms with van der Waals surface area (Å²) < 4.78 is 0. The summed E-state index contributed by atoms with van der Waals surface area (Å²) in [6.45, 7) is 0. The highest BCUT2D eigenvalue weighted by Gasteiger charge is 2.45. The van der Waals surface area contributed by atoms with Crippen molar-refractivity contribution in [3.8, 4) is 0 Å². The van der Waals surface area contributed by atoms with E-state index in [9.17, 15) is 86.3 Å². The van der Waals surface area contributed by atoms with Gasteiger partial charge in [0, 0.05) is 0 Å². The topological polar surface area (TPSA) is 793 Å². The largest absolute Gasteiger partial charge is 0.481 e. The summed E-state index contributed by atoms with van der Waals surface area (Å²) >= 11 is 0. The molecule has 0 aromatic carbocycles. The van der Waals surface area contributed by atoms with Gasteiger partial charge >= 0.3 is 107 Å². The van der Waals surface area contributed by atoms with Gasteiger partial charge in [-0.2, -0.15) is 0 Å². The zero-order valence-electron chi connectivity index (χ0n) is 38.6. The fraction of sp³-hybridized carbons (Fsp3) is 0.500. The molecule has 0 aromatic heterocycles. The van der Waals surface area contributed by atoms with Crippen LogP contribution in [-0.2, 0) is 86.3 Å². The number of hydrogen-bond donors (Lipinski definition) is 24. The van der Waals surface area contributed by atoms with Crippen molar-refractivity contribution >= 4 is 107 Å². The van der Waals surface area contributed by atoms with Gasteiger partial charge < -0.3 is 123 Å². The van der Waals surface area contributed by atoms with Gasteiger partial charge in [0.05, 0.1) is 77.0 Å². The predicted molar refractivity (Wildman–Crippen MR) is 223 cm³/mol. The molecule has 78 heavy (non-hydrogen) atoms. The molecule has 0 radical (unpaired) electrons. The average molecular weight is 1150 g/mol. The maximum Gasteiger partial charge on any atom is 0.336 e. The lowest BCUT2D eigenvalue weighted by atomic mass is 9.96. The normalized spacial score (nSPS) is 10.8. The van der Waals surface area contributed by atoms with E-state index in [2.05, 4.69) is 0 Å². The number of carbonyl (C=O) groups is 18. The van der Waals surface area contributed by atoms with Gasteiger partial charge in [-0.1, -0.05) is 0 Å². The fourth-order valence-electron chi connectivity index (χ4n) is 4.28. The average Bonchev–Trinajstić information content (AvgIpc) is 3.15. The molecular weight excluding hydrogens is 1100 g/mol. The van der Waals surface area contributed by atoms with Crippen molar-refractivity contribution in [3.05, 3.63) is 0 Å². The van der Waals surface area contributed by atoms with Gasteiger partial charge in [-0.15, -0.1) is 0 Å². The third-order valence-corrected chi connectivity index (χ3v) is 7.71. The van der Waals surface area contributed by atoms with Crippen LogP contribution in [0.3, 0.4) is 0 Å². The Labute approximate surface area is 427 Å². The van der Waals surface area contributed by atoms with E-state index in [4.69, 9.17) is 123 Å². The summed E-state index contributed by atoms with van der Waals surface area (Å²) in [5.74, 6) is -30.1. The molecule has 0 aromatic rings. The maximum atomic E-state index is 10.3. The van der Waals surface area contributed by atoms with Crippen LogP contribution in [0.25, 0.3) is 0 Å². The number of carboxylic acids is 18. The molecule has 0 atom stereocenters. The van der Waals surface area contributed by atoms with Gasteiger partial charge in [-0.25, -0.2) is 28.8 Å². The molecule has 0 heterocycles. The second kappa shape index (κ2) is 34.7. The van der Waals surface area contributed by atoms with Gasteiger partial charge in [0.25, 0.3) is 0 Å². The number of aliphatic hydroxyl groups is 6. The quantitative estimate of drug-likeness (QED) is 0.0318. The van der Waals surface area contributed by atoms with Crippen LogP contribution in [0.2, 0.25) is 0 Å². The Morgan fingerprint density at radius 1 is 0.154 bits per heavy atom. The van der Waals surface area contributed by atoms with Crippen LogP contribution < -0.4 is 0 Å². The van der Waals surface area contributed by atoms with Crippen molar-refractivity contribution in [2.24, 2.45) is 0 Å². The van der Waals surface area contributed by atoms with E-state index in [1.54, 1.807) is 0 Å². The monoisotopic (exact) mass is 1150 g/mol.